The third kappa shape index (κ3) is 4.56. The van der Waals surface area contributed by atoms with Gasteiger partial charge in [-0.25, -0.2) is 25.9 Å². The van der Waals surface area contributed by atoms with E-state index in [2.05, 4.69) is 4.72 Å². The van der Waals surface area contributed by atoms with Crippen LogP contribution in [-0.4, -0.2) is 60.2 Å². The van der Waals surface area contributed by atoms with Crippen molar-refractivity contribution in [1.82, 2.24) is 9.03 Å². The maximum absolute atomic E-state index is 12.7. The van der Waals surface area contributed by atoms with Crippen LogP contribution < -0.4 is 14.2 Å². The summed E-state index contributed by atoms with van der Waals surface area (Å²) in [6, 6.07) is 4.61. The van der Waals surface area contributed by atoms with E-state index < -0.39 is 20.0 Å². The van der Waals surface area contributed by atoms with Crippen molar-refractivity contribution in [2.75, 3.05) is 33.9 Å². The van der Waals surface area contributed by atoms with Gasteiger partial charge in [0.25, 0.3) is 0 Å². The predicted octanol–water partition coefficient (Wildman–Crippen LogP) is 1.19. The number of nitrogens with zero attached hydrogens (tertiary/aromatic N) is 1. The Kier molecular flexibility index (Phi) is 5.99. The first-order valence-corrected chi connectivity index (χ1v) is 12.0. The summed E-state index contributed by atoms with van der Waals surface area (Å²) >= 11 is 0. The number of ether oxygens (including phenoxy) is 2. The van der Waals surface area contributed by atoms with Gasteiger partial charge in [0, 0.05) is 25.7 Å². The van der Waals surface area contributed by atoms with Gasteiger partial charge in [-0.05, 0) is 43.7 Å². The zero-order valence-electron chi connectivity index (χ0n) is 15.5. The van der Waals surface area contributed by atoms with Crippen molar-refractivity contribution >= 4 is 20.0 Å². The van der Waals surface area contributed by atoms with Crippen LogP contribution in [0.25, 0.3) is 0 Å². The number of piperidine rings is 1. The largest absolute Gasteiger partial charge is 0.497 e. The topological polar surface area (TPSA) is 102 Å². The molecular weight excluding hydrogens is 392 g/mol. The summed E-state index contributed by atoms with van der Waals surface area (Å²) in [5.41, 5.74) is 0. The molecule has 3 rings (SSSR count). The van der Waals surface area contributed by atoms with Gasteiger partial charge in [0.05, 0.1) is 19.5 Å². The number of methoxy groups -OCH3 is 2. The van der Waals surface area contributed by atoms with Gasteiger partial charge in [-0.2, -0.15) is 0 Å². The molecule has 10 heteroatoms. The average molecular weight is 419 g/mol. The summed E-state index contributed by atoms with van der Waals surface area (Å²) in [5, 5.41) is -0.201. The number of sulfonamides is 2. The van der Waals surface area contributed by atoms with Crippen molar-refractivity contribution in [3.63, 3.8) is 0 Å². The number of rotatable bonds is 8. The van der Waals surface area contributed by atoms with Crippen LogP contribution in [0.5, 0.6) is 11.5 Å². The molecule has 0 unspecified atom stereocenters. The minimum Gasteiger partial charge on any atom is -0.497 e. The fourth-order valence-corrected chi connectivity index (χ4v) is 6.42. The van der Waals surface area contributed by atoms with Crippen LogP contribution in [0.3, 0.4) is 0 Å². The summed E-state index contributed by atoms with van der Waals surface area (Å²) in [6.07, 6.45) is 2.79. The first kappa shape index (κ1) is 20.4. The van der Waals surface area contributed by atoms with Crippen molar-refractivity contribution in [3.05, 3.63) is 18.2 Å². The van der Waals surface area contributed by atoms with Crippen LogP contribution >= 0.6 is 0 Å². The number of hydrogen-bond donors (Lipinski definition) is 1. The zero-order valence-corrected chi connectivity index (χ0v) is 17.2. The molecule has 1 aromatic rings. The Hall–Kier alpha value is -1.36. The van der Waals surface area contributed by atoms with Crippen molar-refractivity contribution in [1.29, 1.82) is 0 Å². The fraction of sp³-hybridized carbons (Fsp3) is 0.647. The first-order valence-electron chi connectivity index (χ1n) is 8.98. The van der Waals surface area contributed by atoms with E-state index in [1.54, 1.807) is 16.4 Å². The van der Waals surface area contributed by atoms with E-state index in [0.717, 1.165) is 12.8 Å². The van der Waals surface area contributed by atoms with Crippen LogP contribution in [0, 0.1) is 5.92 Å². The van der Waals surface area contributed by atoms with E-state index in [1.165, 1.54) is 20.3 Å². The summed E-state index contributed by atoms with van der Waals surface area (Å²) in [4.78, 5) is 0.0260. The molecule has 2 aliphatic rings. The molecular formula is C17H26N2O6S2. The van der Waals surface area contributed by atoms with E-state index in [9.17, 15) is 16.8 Å². The van der Waals surface area contributed by atoms with Crippen LogP contribution in [0.4, 0.5) is 0 Å². The molecule has 1 N–H and O–H groups in total. The van der Waals surface area contributed by atoms with Gasteiger partial charge in [0.2, 0.25) is 20.0 Å². The number of hydrogen-bond acceptors (Lipinski definition) is 6. The Morgan fingerprint density at radius 1 is 1.04 bits per heavy atom. The van der Waals surface area contributed by atoms with Crippen molar-refractivity contribution in [2.45, 2.75) is 35.8 Å². The average Bonchev–Trinajstić information content (AvgIpc) is 3.52. The highest BCUT2D eigenvalue weighted by molar-refractivity contribution is 7.90. The molecule has 0 bridgehead atoms. The SMILES string of the molecule is COc1ccc(OC)c(S(=O)(=O)NCC2CCN(S(=O)(=O)C3CC3)CC2)c1. The lowest BCUT2D eigenvalue weighted by Gasteiger charge is -2.31. The smallest absolute Gasteiger partial charge is 0.244 e. The van der Waals surface area contributed by atoms with Gasteiger partial charge < -0.3 is 9.47 Å². The number of nitrogens with one attached hydrogen (secondary N) is 1. The molecule has 1 saturated carbocycles. The van der Waals surface area contributed by atoms with Gasteiger partial charge >= 0.3 is 0 Å². The molecule has 0 radical (unpaired) electrons. The second-order valence-electron chi connectivity index (χ2n) is 6.96. The lowest BCUT2D eigenvalue weighted by atomic mass is 9.99. The van der Waals surface area contributed by atoms with Crippen molar-refractivity contribution < 1.29 is 26.3 Å². The summed E-state index contributed by atoms with van der Waals surface area (Å²) in [7, 11) is -4.04. The molecule has 1 heterocycles. The standard InChI is InChI=1S/C17H26N2O6S2/c1-24-14-3-6-16(25-2)17(11-14)26(20,21)18-12-13-7-9-19(10-8-13)27(22,23)15-4-5-15/h3,6,11,13,15,18H,4-5,7-10,12H2,1-2H3. The van der Waals surface area contributed by atoms with E-state index in [1.807, 2.05) is 0 Å². The lowest BCUT2D eigenvalue weighted by molar-refractivity contribution is 0.274. The van der Waals surface area contributed by atoms with Gasteiger partial charge in [-0.15, -0.1) is 0 Å². The summed E-state index contributed by atoms with van der Waals surface area (Å²) < 4.78 is 64.4. The van der Waals surface area contributed by atoms with Crippen LogP contribution in [0.15, 0.2) is 23.1 Å². The van der Waals surface area contributed by atoms with E-state index in [-0.39, 0.29) is 28.4 Å². The zero-order chi connectivity index (χ0) is 19.7. The number of benzene rings is 1. The minimum atomic E-state index is -3.77. The molecule has 1 aliphatic carbocycles. The molecule has 1 saturated heterocycles. The van der Waals surface area contributed by atoms with Crippen LogP contribution in [-0.2, 0) is 20.0 Å². The highest BCUT2D eigenvalue weighted by Gasteiger charge is 2.41. The maximum atomic E-state index is 12.7. The Morgan fingerprint density at radius 3 is 2.26 bits per heavy atom. The Morgan fingerprint density at radius 2 is 1.70 bits per heavy atom. The van der Waals surface area contributed by atoms with Crippen molar-refractivity contribution in [3.8, 4) is 11.5 Å². The van der Waals surface area contributed by atoms with Gasteiger partial charge in [-0.1, -0.05) is 0 Å². The second kappa shape index (κ2) is 7.94. The highest BCUT2D eigenvalue weighted by Crippen LogP contribution is 2.33. The fourth-order valence-electron chi connectivity index (χ4n) is 3.24. The monoisotopic (exact) mass is 418 g/mol. The maximum Gasteiger partial charge on any atom is 0.244 e. The predicted molar refractivity (Wildman–Crippen MR) is 101 cm³/mol. The van der Waals surface area contributed by atoms with E-state index in [0.29, 0.717) is 31.7 Å². The van der Waals surface area contributed by atoms with Gasteiger partial charge in [0.15, 0.2) is 0 Å². The third-order valence-corrected chi connectivity index (χ3v) is 8.94. The molecule has 0 aromatic heterocycles. The molecule has 27 heavy (non-hydrogen) atoms. The molecule has 1 aromatic carbocycles. The normalized spacial score (nSPS) is 19.8. The summed E-state index contributed by atoms with van der Waals surface area (Å²) in [5.74, 6) is 0.769. The first-order chi connectivity index (χ1) is 12.8. The Labute approximate surface area is 160 Å². The van der Waals surface area contributed by atoms with Gasteiger partial charge in [-0.3, -0.25) is 0 Å². The Balaban J connectivity index is 1.60. The highest BCUT2D eigenvalue weighted by atomic mass is 32.2. The molecule has 8 nitrogen and oxygen atoms in total. The summed E-state index contributed by atoms with van der Waals surface area (Å²) in [6.45, 7) is 1.17. The molecule has 0 spiro atoms. The molecule has 0 amide bonds. The van der Waals surface area contributed by atoms with Crippen LogP contribution in [0.2, 0.25) is 0 Å². The second-order valence-corrected chi connectivity index (χ2v) is 10.9. The Bertz CT molecular complexity index is 873. The lowest BCUT2D eigenvalue weighted by Crippen LogP contribution is -2.42. The van der Waals surface area contributed by atoms with E-state index in [4.69, 9.17) is 9.47 Å². The van der Waals surface area contributed by atoms with Crippen LogP contribution in [0.1, 0.15) is 25.7 Å². The minimum absolute atomic E-state index is 0.0260. The van der Waals surface area contributed by atoms with E-state index >= 15 is 0 Å². The molecule has 0 atom stereocenters. The molecule has 152 valence electrons. The van der Waals surface area contributed by atoms with Crippen molar-refractivity contribution in [2.24, 2.45) is 5.92 Å². The third-order valence-electron chi connectivity index (χ3n) is 5.10. The van der Waals surface area contributed by atoms with Gasteiger partial charge in [0.1, 0.15) is 16.4 Å². The molecule has 2 fully saturated rings. The molecule has 1 aliphatic heterocycles. The quantitative estimate of drug-likeness (QED) is 0.680.